The Morgan fingerprint density at radius 1 is 1.50 bits per heavy atom. The van der Waals surface area contributed by atoms with Crippen molar-refractivity contribution in [1.82, 2.24) is 10.3 Å². The van der Waals surface area contributed by atoms with Crippen molar-refractivity contribution in [3.63, 3.8) is 0 Å². The average molecular weight is 282 g/mol. The number of aromatic nitrogens is 1. The van der Waals surface area contributed by atoms with Crippen LogP contribution in [0.4, 0.5) is 9.18 Å². The van der Waals surface area contributed by atoms with Crippen molar-refractivity contribution in [1.29, 1.82) is 0 Å². The molecule has 1 fully saturated rings. The number of pyridine rings is 1. The highest BCUT2D eigenvalue weighted by atomic mass is 19.1. The molecule has 2 rings (SSSR count). The fourth-order valence-electron chi connectivity index (χ4n) is 1.48. The van der Waals surface area contributed by atoms with E-state index in [-0.39, 0.29) is 18.5 Å². The van der Waals surface area contributed by atoms with Crippen molar-refractivity contribution in [2.24, 2.45) is 0 Å². The number of amides is 1. The highest BCUT2D eigenvalue weighted by Crippen LogP contribution is 2.27. The van der Waals surface area contributed by atoms with Gasteiger partial charge in [-0.1, -0.05) is 0 Å². The minimum atomic E-state index is -0.560. The minimum Gasteiger partial charge on any atom is -0.472 e. The molecule has 1 N–H and O–H groups in total. The van der Waals surface area contributed by atoms with Crippen molar-refractivity contribution in [2.75, 3.05) is 0 Å². The van der Waals surface area contributed by atoms with Gasteiger partial charge in [-0.2, -0.15) is 0 Å². The summed E-state index contributed by atoms with van der Waals surface area (Å²) in [7, 11) is 0. The number of rotatable bonds is 4. The molecule has 0 unspecified atom stereocenters. The van der Waals surface area contributed by atoms with Crippen LogP contribution < -0.4 is 10.1 Å². The maximum atomic E-state index is 13.7. The van der Waals surface area contributed by atoms with Crippen LogP contribution in [-0.2, 0) is 11.3 Å². The second-order valence-corrected chi connectivity index (χ2v) is 5.80. The average Bonchev–Trinajstić information content (AvgIpc) is 3.11. The summed E-state index contributed by atoms with van der Waals surface area (Å²) in [5.74, 6) is -0.492. The quantitative estimate of drug-likeness (QED) is 0.922. The Bertz CT molecular complexity index is 496. The molecule has 1 aliphatic carbocycles. The first-order chi connectivity index (χ1) is 9.33. The maximum Gasteiger partial charge on any atom is 0.407 e. The molecule has 110 valence electrons. The molecule has 0 aliphatic heterocycles. The third-order valence-corrected chi connectivity index (χ3v) is 2.50. The number of ether oxygens (including phenoxy) is 2. The Morgan fingerprint density at radius 3 is 2.75 bits per heavy atom. The monoisotopic (exact) mass is 282 g/mol. The van der Waals surface area contributed by atoms with Crippen LogP contribution in [0.25, 0.3) is 0 Å². The van der Waals surface area contributed by atoms with Crippen LogP contribution in [0.15, 0.2) is 12.3 Å². The summed E-state index contributed by atoms with van der Waals surface area (Å²) in [4.78, 5) is 15.4. The molecule has 6 heteroatoms. The van der Waals surface area contributed by atoms with Crippen LogP contribution in [0.3, 0.4) is 0 Å². The van der Waals surface area contributed by atoms with Crippen molar-refractivity contribution < 1.29 is 18.7 Å². The molecule has 1 saturated carbocycles. The smallest absolute Gasteiger partial charge is 0.407 e. The highest BCUT2D eigenvalue weighted by Gasteiger charge is 2.25. The Balaban J connectivity index is 1.86. The lowest BCUT2D eigenvalue weighted by molar-refractivity contribution is 0.0523. The zero-order valence-electron chi connectivity index (χ0n) is 11.9. The number of hydrogen-bond acceptors (Lipinski definition) is 4. The minimum absolute atomic E-state index is 0.0218. The molecule has 0 bridgehead atoms. The maximum absolute atomic E-state index is 13.7. The van der Waals surface area contributed by atoms with E-state index < -0.39 is 17.5 Å². The van der Waals surface area contributed by atoms with E-state index in [0.717, 1.165) is 12.8 Å². The zero-order chi connectivity index (χ0) is 14.8. The molecule has 0 spiro atoms. The van der Waals surface area contributed by atoms with Crippen LogP contribution >= 0.6 is 0 Å². The SMILES string of the molecule is CC(C)(C)OC(=O)NCc1cnc(OC2CC2)c(F)c1. The van der Waals surface area contributed by atoms with Gasteiger partial charge < -0.3 is 14.8 Å². The van der Waals surface area contributed by atoms with E-state index in [1.54, 1.807) is 20.8 Å². The van der Waals surface area contributed by atoms with Crippen molar-refractivity contribution in [3.8, 4) is 5.88 Å². The number of carbonyl (C=O) groups excluding carboxylic acids is 1. The Kier molecular flexibility index (Phi) is 4.11. The topological polar surface area (TPSA) is 60.5 Å². The van der Waals surface area contributed by atoms with Gasteiger partial charge in [0.2, 0.25) is 0 Å². The van der Waals surface area contributed by atoms with Crippen LogP contribution in [0.1, 0.15) is 39.2 Å². The third kappa shape index (κ3) is 4.68. The first-order valence-corrected chi connectivity index (χ1v) is 6.61. The molecule has 20 heavy (non-hydrogen) atoms. The van der Waals surface area contributed by atoms with Gasteiger partial charge in [0.15, 0.2) is 5.82 Å². The normalized spacial score (nSPS) is 14.8. The Morgan fingerprint density at radius 2 is 2.20 bits per heavy atom. The molecule has 0 radical (unpaired) electrons. The first kappa shape index (κ1) is 14.6. The third-order valence-electron chi connectivity index (χ3n) is 2.50. The molecule has 1 amide bonds. The van der Waals surface area contributed by atoms with Crippen LogP contribution in [0.5, 0.6) is 5.88 Å². The number of nitrogens with zero attached hydrogens (tertiary/aromatic N) is 1. The lowest BCUT2D eigenvalue weighted by Gasteiger charge is -2.19. The molecular formula is C14H19FN2O3. The second kappa shape index (κ2) is 5.64. The van der Waals surface area contributed by atoms with E-state index in [1.807, 2.05) is 0 Å². The van der Waals surface area contributed by atoms with Gasteiger partial charge in [0.1, 0.15) is 11.7 Å². The van der Waals surface area contributed by atoms with Crippen molar-refractivity contribution in [3.05, 3.63) is 23.6 Å². The molecule has 0 saturated heterocycles. The zero-order valence-corrected chi connectivity index (χ0v) is 11.9. The summed E-state index contributed by atoms with van der Waals surface area (Å²) in [6, 6.07) is 1.31. The Hall–Kier alpha value is -1.85. The molecule has 0 atom stereocenters. The van der Waals surface area contributed by atoms with Gasteiger partial charge in [0, 0.05) is 12.7 Å². The number of carbonyl (C=O) groups is 1. The van der Waals surface area contributed by atoms with E-state index in [9.17, 15) is 9.18 Å². The summed E-state index contributed by atoms with van der Waals surface area (Å²) in [6.45, 7) is 5.48. The predicted molar refractivity (Wildman–Crippen MR) is 70.9 cm³/mol. The van der Waals surface area contributed by atoms with Gasteiger partial charge in [0.25, 0.3) is 5.88 Å². The van der Waals surface area contributed by atoms with E-state index >= 15 is 0 Å². The fourth-order valence-corrected chi connectivity index (χ4v) is 1.48. The van der Waals surface area contributed by atoms with Gasteiger partial charge in [0.05, 0.1) is 0 Å². The largest absolute Gasteiger partial charge is 0.472 e. The molecule has 1 aliphatic rings. The number of halogens is 1. The van der Waals surface area contributed by atoms with Gasteiger partial charge in [-0.3, -0.25) is 0 Å². The number of alkyl carbamates (subject to hydrolysis) is 1. The van der Waals surface area contributed by atoms with Crippen molar-refractivity contribution >= 4 is 6.09 Å². The summed E-state index contributed by atoms with van der Waals surface area (Å²) in [6.07, 6.45) is 2.93. The number of hydrogen-bond donors (Lipinski definition) is 1. The summed E-state index contributed by atoms with van der Waals surface area (Å²) >= 11 is 0. The van der Waals surface area contributed by atoms with E-state index in [4.69, 9.17) is 9.47 Å². The van der Waals surface area contributed by atoms with Crippen LogP contribution in [0.2, 0.25) is 0 Å². The molecule has 1 heterocycles. The molecule has 0 aromatic carbocycles. The van der Waals surface area contributed by atoms with Gasteiger partial charge in [-0.25, -0.2) is 14.2 Å². The second-order valence-electron chi connectivity index (χ2n) is 5.80. The van der Waals surface area contributed by atoms with Gasteiger partial charge in [-0.15, -0.1) is 0 Å². The standard InChI is InChI=1S/C14H19FN2O3/c1-14(2,3)20-13(18)17-8-9-6-11(15)12(16-7-9)19-10-4-5-10/h6-7,10H,4-5,8H2,1-3H3,(H,17,18). The molecule has 1 aromatic rings. The molecular weight excluding hydrogens is 263 g/mol. The summed E-state index contributed by atoms with van der Waals surface area (Å²) < 4.78 is 24.1. The van der Waals surface area contributed by atoms with E-state index in [2.05, 4.69) is 10.3 Å². The first-order valence-electron chi connectivity index (χ1n) is 6.61. The molecule has 5 nitrogen and oxygen atoms in total. The lowest BCUT2D eigenvalue weighted by atomic mass is 10.2. The van der Waals surface area contributed by atoms with E-state index in [1.165, 1.54) is 12.3 Å². The van der Waals surface area contributed by atoms with Gasteiger partial charge >= 0.3 is 6.09 Å². The number of nitrogens with one attached hydrogen (secondary N) is 1. The fraction of sp³-hybridized carbons (Fsp3) is 0.571. The van der Waals surface area contributed by atoms with Crippen LogP contribution in [0, 0.1) is 5.82 Å². The van der Waals surface area contributed by atoms with Gasteiger partial charge in [-0.05, 0) is 45.2 Å². The van der Waals surface area contributed by atoms with Crippen molar-refractivity contribution in [2.45, 2.75) is 51.9 Å². The predicted octanol–water partition coefficient (Wildman–Crippen LogP) is 2.79. The van der Waals surface area contributed by atoms with Crippen LogP contribution in [-0.4, -0.2) is 22.8 Å². The highest BCUT2D eigenvalue weighted by molar-refractivity contribution is 5.67. The lowest BCUT2D eigenvalue weighted by Crippen LogP contribution is -2.32. The molecule has 1 aromatic heterocycles. The summed E-state index contributed by atoms with van der Waals surface area (Å²) in [5, 5.41) is 2.55. The van der Waals surface area contributed by atoms with E-state index in [0.29, 0.717) is 5.56 Å². The summed E-state index contributed by atoms with van der Waals surface area (Å²) in [5.41, 5.74) is -0.00765. The Labute approximate surface area is 117 Å².